The molecule has 1 fully saturated rings. The van der Waals surface area contributed by atoms with Gasteiger partial charge in [0.05, 0.1) is 10.5 Å². The Bertz CT molecular complexity index is 821. The molecule has 1 aliphatic carbocycles. The molecule has 0 saturated heterocycles. The van der Waals surface area contributed by atoms with Gasteiger partial charge in [-0.3, -0.25) is 19.8 Å². The van der Waals surface area contributed by atoms with Gasteiger partial charge < -0.3 is 10.1 Å². The van der Waals surface area contributed by atoms with Gasteiger partial charge in [-0.1, -0.05) is 18.2 Å². The lowest BCUT2D eigenvalue weighted by Crippen LogP contribution is -2.41. The van der Waals surface area contributed by atoms with Crippen LogP contribution in [-0.2, 0) is 0 Å². The molecule has 1 aliphatic rings. The summed E-state index contributed by atoms with van der Waals surface area (Å²) < 4.78 is 5.77. The predicted octanol–water partition coefficient (Wildman–Crippen LogP) is 3.60. The van der Waals surface area contributed by atoms with E-state index in [2.05, 4.69) is 10.2 Å². The van der Waals surface area contributed by atoms with Crippen molar-refractivity contribution in [3.8, 4) is 11.5 Å². The van der Waals surface area contributed by atoms with Crippen LogP contribution in [0.1, 0.15) is 30.1 Å². The first-order chi connectivity index (χ1) is 13.0. The van der Waals surface area contributed by atoms with Crippen molar-refractivity contribution >= 4 is 11.6 Å². The molecule has 1 unspecified atom stereocenters. The van der Waals surface area contributed by atoms with Crippen molar-refractivity contribution in [1.29, 1.82) is 0 Å². The average molecular weight is 369 g/mol. The molecule has 1 amide bonds. The number of amides is 1. The van der Waals surface area contributed by atoms with E-state index in [0.29, 0.717) is 18.3 Å². The highest BCUT2D eigenvalue weighted by Crippen LogP contribution is 2.29. The first kappa shape index (κ1) is 18.8. The molecule has 0 spiro atoms. The Hall–Kier alpha value is -2.93. The Labute approximate surface area is 158 Å². The Kier molecular flexibility index (Phi) is 5.71. The van der Waals surface area contributed by atoms with Crippen molar-refractivity contribution in [3.63, 3.8) is 0 Å². The molecule has 0 aromatic heterocycles. The SMILES string of the molecule is CC(CNC(=O)c1cc([N+](=O)[O-])ccc1Oc1ccccc1)N(C)C1CC1. The van der Waals surface area contributed by atoms with Crippen LogP contribution in [-0.4, -0.2) is 41.4 Å². The van der Waals surface area contributed by atoms with Crippen LogP contribution in [0.5, 0.6) is 11.5 Å². The normalized spacial score (nSPS) is 14.6. The Morgan fingerprint density at radius 1 is 1.30 bits per heavy atom. The van der Waals surface area contributed by atoms with E-state index >= 15 is 0 Å². The summed E-state index contributed by atoms with van der Waals surface area (Å²) in [4.78, 5) is 25.5. The van der Waals surface area contributed by atoms with E-state index in [9.17, 15) is 14.9 Å². The van der Waals surface area contributed by atoms with E-state index in [1.165, 1.54) is 31.0 Å². The average Bonchev–Trinajstić information content (AvgIpc) is 3.51. The van der Waals surface area contributed by atoms with E-state index in [1.54, 1.807) is 12.1 Å². The molecule has 0 heterocycles. The molecule has 1 atom stereocenters. The highest BCUT2D eigenvalue weighted by Gasteiger charge is 2.29. The Morgan fingerprint density at radius 3 is 2.63 bits per heavy atom. The quantitative estimate of drug-likeness (QED) is 0.568. The van der Waals surface area contributed by atoms with Crippen LogP contribution < -0.4 is 10.1 Å². The number of carbonyl (C=O) groups is 1. The summed E-state index contributed by atoms with van der Waals surface area (Å²) >= 11 is 0. The monoisotopic (exact) mass is 369 g/mol. The lowest BCUT2D eigenvalue weighted by Gasteiger charge is -2.24. The summed E-state index contributed by atoms with van der Waals surface area (Å²) in [5.41, 5.74) is -0.00182. The van der Waals surface area contributed by atoms with E-state index in [0.717, 1.165) is 0 Å². The molecule has 0 aliphatic heterocycles. The first-order valence-corrected chi connectivity index (χ1v) is 8.97. The topological polar surface area (TPSA) is 84.7 Å². The Balaban J connectivity index is 1.76. The fourth-order valence-corrected chi connectivity index (χ4v) is 2.83. The summed E-state index contributed by atoms with van der Waals surface area (Å²) in [5, 5.41) is 14.0. The molecule has 2 aromatic carbocycles. The highest BCUT2D eigenvalue weighted by molar-refractivity contribution is 5.97. The molecule has 142 valence electrons. The summed E-state index contributed by atoms with van der Waals surface area (Å²) in [7, 11) is 2.05. The summed E-state index contributed by atoms with van der Waals surface area (Å²) in [6.45, 7) is 2.51. The van der Waals surface area contributed by atoms with Gasteiger partial charge in [0.1, 0.15) is 11.5 Å². The largest absolute Gasteiger partial charge is 0.457 e. The molecule has 3 rings (SSSR count). The van der Waals surface area contributed by atoms with Crippen molar-refractivity contribution in [2.24, 2.45) is 0 Å². The van der Waals surface area contributed by atoms with Crippen LogP contribution >= 0.6 is 0 Å². The number of rotatable bonds is 8. The fraction of sp³-hybridized carbons (Fsp3) is 0.350. The minimum atomic E-state index is -0.521. The van der Waals surface area contributed by atoms with Gasteiger partial charge in [-0.2, -0.15) is 0 Å². The van der Waals surface area contributed by atoms with Crippen molar-refractivity contribution < 1.29 is 14.5 Å². The zero-order valence-corrected chi connectivity index (χ0v) is 15.4. The van der Waals surface area contributed by atoms with Crippen LogP contribution in [0.4, 0.5) is 5.69 Å². The van der Waals surface area contributed by atoms with Crippen molar-refractivity contribution in [2.75, 3.05) is 13.6 Å². The number of para-hydroxylation sites is 1. The molecule has 0 radical (unpaired) electrons. The van der Waals surface area contributed by atoms with Crippen molar-refractivity contribution in [1.82, 2.24) is 10.2 Å². The second kappa shape index (κ2) is 8.18. The van der Waals surface area contributed by atoms with Gasteiger partial charge >= 0.3 is 0 Å². The zero-order valence-electron chi connectivity index (χ0n) is 15.4. The summed E-state index contributed by atoms with van der Waals surface area (Å²) in [6.07, 6.45) is 2.38. The smallest absolute Gasteiger partial charge is 0.270 e. The first-order valence-electron chi connectivity index (χ1n) is 8.97. The second-order valence-corrected chi connectivity index (χ2v) is 6.81. The third-order valence-electron chi connectivity index (χ3n) is 4.77. The van der Waals surface area contributed by atoms with Crippen LogP contribution in [0.2, 0.25) is 0 Å². The molecule has 1 N–H and O–H groups in total. The highest BCUT2D eigenvalue weighted by atomic mass is 16.6. The number of hydrogen-bond acceptors (Lipinski definition) is 5. The minimum Gasteiger partial charge on any atom is -0.457 e. The number of nitro benzene ring substituents is 1. The van der Waals surface area contributed by atoms with Gasteiger partial charge in [0, 0.05) is 30.8 Å². The molecule has 27 heavy (non-hydrogen) atoms. The zero-order chi connectivity index (χ0) is 19.4. The third kappa shape index (κ3) is 4.83. The Morgan fingerprint density at radius 2 is 2.00 bits per heavy atom. The number of benzene rings is 2. The molecular formula is C20H23N3O4. The summed E-state index contributed by atoms with van der Waals surface area (Å²) in [6, 6.07) is 13.8. The minimum absolute atomic E-state index is 0.148. The standard InChI is InChI=1S/C20H23N3O4/c1-14(22(2)15-8-9-15)13-21-20(24)18-12-16(23(25)26)10-11-19(18)27-17-6-4-3-5-7-17/h3-7,10-12,14-15H,8-9,13H2,1-2H3,(H,21,24). The number of nitro groups is 1. The molecule has 2 aromatic rings. The van der Waals surface area contributed by atoms with Crippen molar-refractivity contribution in [3.05, 3.63) is 64.2 Å². The maximum absolute atomic E-state index is 12.7. The predicted molar refractivity (Wildman–Crippen MR) is 102 cm³/mol. The molecule has 0 bridgehead atoms. The number of likely N-dealkylation sites (N-methyl/N-ethyl adjacent to an activating group) is 1. The maximum atomic E-state index is 12.7. The van der Waals surface area contributed by atoms with Crippen LogP contribution in [0.25, 0.3) is 0 Å². The summed E-state index contributed by atoms with van der Waals surface area (Å²) in [5.74, 6) is 0.454. The van der Waals surface area contributed by atoms with Crippen LogP contribution in [0.3, 0.4) is 0 Å². The van der Waals surface area contributed by atoms with E-state index in [-0.39, 0.29) is 28.9 Å². The number of hydrogen-bond donors (Lipinski definition) is 1. The molecule has 7 heteroatoms. The number of ether oxygens (including phenoxy) is 1. The fourth-order valence-electron chi connectivity index (χ4n) is 2.83. The third-order valence-corrected chi connectivity index (χ3v) is 4.77. The van der Waals surface area contributed by atoms with Gasteiger partial charge in [-0.15, -0.1) is 0 Å². The molecular weight excluding hydrogens is 346 g/mol. The second-order valence-electron chi connectivity index (χ2n) is 6.81. The van der Waals surface area contributed by atoms with Gasteiger partial charge in [0.2, 0.25) is 0 Å². The van der Waals surface area contributed by atoms with Crippen LogP contribution in [0.15, 0.2) is 48.5 Å². The van der Waals surface area contributed by atoms with Gasteiger partial charge in [-0.05, 0) is 45.0 Å². The van der Waals surface area contributed by atoms with Crippen molar-refractivity contribution in [2.45, 2.75) is 31.8 Å². The lowest BCUT2D eigenvalue weighted by molar-refractivity contribution is -0.384. The van der Waals surface area contributed by atoms with E-state index < -0.39 is 4.92 Å². The molecule has 1 saturated carbocycles. The lowest BCUT2D eigenvalue weighted by atomic mass is 10.1. The number of carbonyl (C=O) groups excluding carboxylic acids is 1. The number of nitrogens with one attached hydrogen (secondary N) is 1. The van der Waals surface area contributed by atoms with Crippen LogP contribution in [0, 0.1) is 10.1 Å². The number of non-ortho nitro benzene ring substituents is 1. The molecule has 7 nitrogen and oxygen atoms in total. The van der Waals surface area contributed by atoms with Gasteiger partial charge in [0.15, 0.2) is 0 Å². The van der Waals surface area contributed by atoms with Gasteiger partial charge in [-0.25, -0.2) is 0 Å². The maximum Gasteiger partial charge on any atom is 0.270 e. The number of nitrogens with zero attached hydrogens (tertiary/aromatic N) is 2. The van der Waals surface area contributed by atoms with Gasteiger partial charge in [0.25, 0.3) is 11.6 Å². The van der Waals surface area contributed by atoms with E-state index in [1.807, 2.05) is 32.2 Å². The van der Waals surface area contributed by atoms with E-state index in [4.69, 9.17) is 4.74 Å².